The van der Waals surface area contributed by atoms with Crippen molar-refractivity contribution in [2.75, 3.05) is 32.1 Å². The van der Waals surface area contributed by atoms with E-state index in [4.69, 9.17) is 5.11 Å². The number of hydrogen-bond acceptors (Lipinski definition) is 4. The minimum absolute atomic E-state index is 0.124. The lowest BCUT2D eigenvalue weighted by molar-refractivity contribution is 0.0992. The molecule has 1 saturated heterocycles. The van der Waals surface area contributed by atoms with Crippen molar-refractivity contribution in [3.8, 4) is 0 Å². The van der Waals surface area contributed by atoms with E-state index in [0.717, 1.165) is 25.5 Å². The van der Waals surface area contributed by atoms with E-state index in [1.807, 2.05) is 6.92 Å². The molecular weight excluding hydrogens is 160 g/mol. The standard InChI is InChI=1S/C7H16N2OS/c1-7(5-10)4-9(6-11)3-2-8-7/h8,10-11H,2-6H2,1H3. The van der Waals surface area contributed by atoms with Crippen LogP contribution in [0.1, 0.15) is 6.92 Å². The smallest absolute Gasteiger partial charge is 0.0623 e. The van der Waals surface area contributed by atoms with E-state index in [1.165, 1.54) is 0 Å². The summed E-state index contributed by atoms with van der Waals surface area (Å²) in [7, 11) is 0. The number of hydrogen-bond donors (Lipinski definition) is 3. The molecule has 0 aromatic carbocycles. The van der Waals surface area contributed by atoms with Gasteiger partial charge >= 0.3 is 0 Å². The Morgan fingerprint density at radius 1 is 1.73 bits per heavy atom. The third-order valence-electron chi connectivity index (χ3n) is 2.10. The highest BCUT2D eigenvalue weighted by atomic mass is 32.1. The largest absolute Gasteiger partial charge is 0.394 e. The van der Waals surface area contributed by atoms with Crippen LogP contribution in [0.2, 0.25) is 0 Å². The van der Waals surface area contributed by atoms with Gasteiger partial charge in [0.2, 0.25) is 0 Å². The summed E-state index contributed by atoms with van der Waals surface area (Å²) in [4.78, 5) is 2.22. The van der Waals surface area contributed by atoms with Gasteiger partial charge in [0.15, 0.2) is 0 Å². The van der Waals surface area contributed by atoms with Crippen LogP contribution in [0.4, 0.5) is 0 Å². The van der Waals surface area contributed by atoms with Gasteiger partial charge < -0.3 is 10.4 Å². The maximum atomic E-state index is 9.05. The predicted molar refractivity (Wildman–Crippen MR) is 48.9 cm³/mol. The molecule has 0 aliphatic carbocycles. The summed E-state index contributed by atoms with van der Waals surface area (Å²) in [5.41, 5.74) is -0.124. The van der Waals surface area contributed by atoms with Crippen LogP contribution in [0.15, 0.2) is 0 Å². The molecule has 4 heteroatoms. The fraction of sp³-hybridized carbons (Fsp3) is 1.00. The first-order valence-electron chi connectivity index (χ1n) is 3.89. The first-order chi connectivity index (χ1) is 5.20. The Labute approximate surface area is 73.2 Å². The second-order valence-electron chi connectivity index (χ2n) is 3.34. The minimum Gasteiger partial charge on any atom is -0.394 e. The van der Waals surface area contributed by atoms with Gasteiger partial charge in [0, 0.05) is 25.5 Å². The zero-order valence-corrected chi connectivity index (χ0v) is 7.77. The molecule has 1 fully saturated rings. The predicted octanol–water partition coefficient (Wildman–Crippen LogP) is -0.470. The number of aliphatic hydroxyl groups is 1. The molecule has 1 atom stereocenters. The lowest BCUT2D eigenvalue weighted by Gasteiger charge is -2.39. The van der Waals surface area contributed by atoms with E-state index < -0.39 is 0 Å². The van der Waals surface area contributed by atoms with Crippen molar-refractivity contribution in [1.82, 2.24) is 10.2 Å². The SMILES string of the molecule is CC1(CO)CN(CS)CCN1. The molecule has 0 radical (unpaired) electrons. The first kappa shape index (κ1) is 9.32. The zero-order valence-electron chi connectivity index (χ0n) is 6.88. The zero-order chi connectivity index (χ0) is 8.32. The van der Waals surface area contributed by atoms with Gasteiger partial charge in [0.25, 0.3) is 0 Å². The van der Waals surface area contributed by atoms with Crippen LogP contribution in [0.3, 0.4) is 0 Å². The second-order valence-corrected chi connectivity index (χ2v) is 3.62. The van der Waals surface area contributed by atoms with Crippen molar-refractivity contribution < 1.29 is 5.11 Å². The van der Waals surface area contributed by atoms with Crippen LogP contribution in [0, 0.1) is 0 Å². The molecule has 0 bridgehead atoms. The Balaban J connectivity index is 2.44. The van der Waals surface area contributed by atoms with Gasteiger partial charge in [-0.25, -0.2) is 0 Å². The maximum absolute atomic E-state index is 9.05. The summed E-state index contributed by atoms with van der Waals surface area (Å²) in [6, 6.07) is 0. The van der Waals surface area contributed by atoms with Crippen LogP contribution in [0.25, 0.3) is 0 Å². The van der Waals surface area contributed by atoms with E-state index in [9.17, 15) is 0 Å². The molecule has 11 heavy (non-hydrogen) atoms. The molecular formula is C7H16N2OS. The molecule has 0 amide bonds. The molecule has 0 aromatic heterocycles. The minimum atomic E-state index is -0.124. The van der Waals surface area contributed by atoms with E-state index in [0.29, 0.717) is 0 Å². The summed E-state index contributed by atoms with van der Waals surface area (Å²) in [5, 5.41) is 12.3. The fourth-order valence-electron chi connectivity index (χ4n) is 1.37. The normalized spacial score (nSPS) is 34.1. The van der Waals surface area contributed by atoms with Crippen molar-refractivity contribution in [2.45, 2.75) is 12.5 Å². The van der Waals surface area contributed by atoms with Gasteiger partial charge in [-0.1, -0.05) is 0 Å². The van der Waals surface area contributed by atoms with Crippen molar-refractivity contribution in [1.29, 1.82) is 0 Å². The highest BCUT2D eigenvalue weighted by Gasteiger charge is 2.28. The van der Waals surface area contributed by atoms with E-state index in [2.05, 4.69) is 22.8 Å². The Kier molecular flexibility index (Phi) is 3.18. The van der Waals surface area contributed by atoms with Crippen LogP contribution >= 0.6 is 12.6 Å². The number of piperazine rings is 1. The van der Waals surface area contributed by atoms with Gasteiger partial charge in [-0.2, -0.15) is 12.6 Å². The third kappa shape index (κ3) is 2.33. The summed E-state index contributed by atoms with van der Waals surface area (Å²) >= 11 is 4.20. The Morgan fingerprint density at radius 2 is 2.45 bits per heavy atom. The molecule has 0 aromatic rings. The molecule has 1 heterocycles. The van der Waals surface area contributed by atoms with E-state index in [1.54, 1.807) is 0 Å². The molecule has 1 unspecified atom stereocenters. The Morgan fingerprint density at radius 3 is 3.00 bits per heavy atom. The van der Waals surface area contributed by atoms with Gasteiger partial charge in [0.1, 0.15) is 0 Å². The van der Waals surface area contributed by atoms with Crippen molar-refractivity contribution in [2.24, 2.45) is 0 Å². The molecule has 0 spiro atoms. The maximum Gasteiger partial charge on any atom is 0.0623 e. The van der Waals surface area contributed by atoms with Crippen molar-refractivity contribution >= 4 is 12.6 Å². The Bertz CT molecular complexity index is 134. The van der Waals surface area contributed by atoms with Crippen LogP contribution in [0.5, 0.6) is 0 Å². The van der Waals surface area contributed by atoms with E-state index in [-0.39, 0.29) is 12.1 Å². The van der Waals surface area contributed by atoms with Gasteiger partial charge in [-0.05, 0) is 6.92 Å². The fourth-order valence-corrected chi connectivity index (χ4v) is 1.61. The molecule has 66 valence electrons. The molecule has 2 N–H and O–H groups in total. The number of thiol groups is 1. The average molecular weight is 176 g/mol. The van der Waals surface area contributed by atoms with Gasteiger partial charge in [0.05, 0.1) is 12.1 Å². The van der Waals surface area contributed by atoms with Crippen molar-refractivity contribution in [3.05, 3.63) is 0 Å². The third-order valence-corrected chi connectivity index (χ3v) is 2.50. The second kappa shape index (κ2) is 3.76. The molecule has 3 nitrogen and oxygen atoms in total. The number of nitrogens with one attached hydrogen (secondary N) is 1. The van der Waals surface area contributed by atoms with E-state index >= 15 is 0 Å². The van der Waals surface area contributed by atoms with Crippen LogP contribution in [-0.2, 0) is 0 Å². The van der Waals surface area contributed by atoms with Gasteiger partial charge in [-0.3, -0.25) is 4.90 Å². The molecule has 1 aliphatic heterocycles. The Hall–Kier alpha value is 0.230. The summed E-state index contributed by atoms with van der Waals surface area (Å²) in [6.45, 7) is 5.07. The lowest BCUT2D eigenvalue weighted by Crippen LogP contribution is -2.60. The molecule has 1 aliphatic rings. The molecule has 0 saturated carbocycles. The van der Waals surface area contributed by atoms with Gasteiger partial charge in [-0.15, -0.1) is 0 Å². The highest BCUT2D eigenvalue weighted by Crippen LogP contribution is 2.10. The molecule has 1 rings (SSSR count). The van der Waals surface area contributed by atoms with Crippen LogP contribution in [-0.4, -0.2) is 47.7 Å². The number of aliphatic hydroxyl groups excluding tert-OH is 1. The first-order valence-corrected chi connectivity index (χ1v) is 4.52. The topological polar surface area (TPSA) is 35.5 Å². The summed E-state index contributed by atoms with van der Waals surface area (Å²) in [5.74, 6) is 0.775. The average Bonchev–Trinajstić information content (AvgIpc) is 2.05. The monoisotopic (exact) mass is 176 g/mol. The highest BCUT2D eigenvalue weighted by molar-refractivity contribution is 7.80. The van der Waals surface area contributed by atoms with Crippen molar-refractivity contribution in [3.63, 3.8) is 0 Å². The summed E-state index contributed by atoms with van der Waals surface area (Å²) in [6.07, 6.45) is 0. The van der Waals surface area contributed by atoms with Crippen LogP contribution < -0.4 is 5.32 Å². The summed E-state index contributed by atoms with van der Waals surface area (Å²) < 4.78 is 0. The number of nitrogens with zero attached hydrogens (tertiary/aromatic N) is 1. The lowest BCUT2D eigenvalue weighted by atomic mass is 10.0. The number of rotatable bonds is 2. The quantitative estimate of drug-likeness (QED) is 0.498.